The van der Waals surface area contributed by atoms with E-state index >= 15 is 0 Å². The zero-order valence-electron chi connectivity index (χ0n) is 7.05. The average molecular weight is 199 g/mol. The molecule has 1 aromatic rings. The minimum Gasteiger partial charge on any atom is -0.359 e. The van der Waals surface area contributed by atoms with E-state index < -0.39 is 6.43 Å². The molecule has 0 fully saturated rings. The number of rotatable bonds is 1. The van der Waals surface area contributed by atoms with Gasteiger partial charge in [-0.1, -0.05) is 0 Å². The minimum atomic E-state index is -2.58. The van der Waals surface area contributed by atoms with Crippen molar-refractivity contribution in [1.29, 1.82) is 0 Å². The number of carbonyl (C=O) groups is 1. The molecule has 1 aromatic heterocycles. The molecule has 0 bridgehead atoms. The summed E-state index contributed by atoms with van der Waals surface area (Å²) in [5.74, 6) is 0.166. The van der Waals surface area contributed by atoms with E-state index in [1.165, 1.54) is 6.07 Å². The van der Waals surface area contributed by atoms with Crippen LogP contribution < -0.4 is 10.6 Å². The molecule has 1 aliphatic heterocycles. The summed E-state index contributed by atoms with van der Waals surface area (Å²) in [5, 5.41) is 5.17. The molecular weight excluding hydrogens is 192 g/mol. The largest absolute Gasteiger partial charge is 0.359 e. The van der Waals surface area contributed by atoms with Gasteiger partial charge in [-0.05, 0) is 6.07 Å². The number of hydrogen-bond acceptors (Lipinski definition) is 3. The molecule has 2 heterocycles. The zero-order valence-corrected chi connectivity index (χ0v) is 7.05. The van der Waals surface area contributed by atoms with Gasteiger partial charge in [-0.2, -0.15) is 0 Å². The van der Waals surface area contributed by atoms with Crippen molar-refractivity contribution in [3.05, 3.63) is 17.8 Å². The summed E-state index contributed by atoms with van der Waals surface area (Å²) in [5.41, 5.74) is 0.104. The van der Waals surface area contributed by atoms with Gasteiger partial charge >= 0.3 is 0 Å². The highest BCUT2D eigenvalue weighted by Crippen LogP contribution is 2.27. The molecule has 2 N–H and O–H groups in total. The van der Waals surface area contributed by atoms with E-state index in [1.807, 2.05) is 0 Å². The predicted molar refractivity (Wildman–Crippen MR) is 46.3 cm³/mol. The number of hydrogen-bond donors (Lipinski definition) is 2. The standard InChI is InChI=1S/C8H7F2N3O/c9-7(10)4-1-5-8(11-2-4)12-3-6(14)13-5/h1-2,7H,3H2,(H,11,12)(H,13,14). The smallest absolute Gasteiger partial charge is 0.265 e. The van der Waals surface area contributed by atoms with Gasteiger partial charge < -0.3 is 10.6 Å². The Morgan fingerprint density at radius 3 is 3.00 bits per heavy atom. The molecular formula is C8H7F2N3O. The lowest BCUT2D eigenvalue weighted by Gasteiger charge is -2.17. The summed E-state index contributed by atoms with van der Waals surface area (Å²) in [4.78, 5) is 14.7. The fraction of sp³-hybridized carbons (Fsp3) is 0.250. The van der Waals surface area contributed by atoms with Crippen LogP contribution in [-0.4, -0.2) is 17.4 Å². The normalized spacial score (nSPS) is 14.6. The van der Waals surface area contributed by atoms with Crippen LogP contribution in [0, 0.1) is 0 Å². The zero-order chi connectivity index (χ0) is 10.1. The third-order valence-corrected chi connectivity index (χ3v) is 1.85. The van der Waals surface area contributed by atoms with Crippen molar-refractivity contribution in [2.75, 3.05) is 17.2 Å². The van der Waals surface area contributed by atoms with Crippen LogP contribution in [0.1, 0.15) is 12.0 Å². The molecule has 0 aromatic carbocycles. The maximum Gasteiger partial charge on any atom is 0.265 e. The SMILES string of the molecule is O=C1CNc2ncc(C(F)F)cc2N1. The highest BCUT2D eigenvalue weighted by atomic mass is 19.3. The topological polar surface area (TPSA) is 54.0 Å². The number of anilines is 2. The van der Waals surface area contributed by atoms with Crippen LogP contribution in [0.25, 0.3) is 0 Å². The molecule has 2 rings (SSSR count). The van der Waals surface area contributed by atoms with Gasteiger partial charge in [-0.25, -0.2) is 13.8 Å². The maximum atomic E-state index is 12.3. The molecule has 74 valence electrons. The molecule has 1 amide bonds. The Labute approximate surface area is 78.3 Å². The molecule has 6 heteroatoms. The monoisotopic (exact) mass is 199 g/mol. The van der Waals surface area contributed by atoms with Crippen molar-refractivity contribution in [3.63, 3.8) is 0 Å². The first-order valence-corrected chi connectivity index (χ1v) is 3.98. The predicted octanol–water partition coefficient (Wildman–Crippen LogP) is 1.38. The lowest BCUT2D eigenvalue weighted by molar-refractivity contribution is -0.114. The Morgan fingerprint density at radius 2 is 2.29 bits per heavy atom. The van der Waals surface area contributed by atoms with Crippen LogP contribution in [0.4, 0.5) is 20.3 Å². The second-order valence-electron chi connectivity index (χ2n) is 2.87. The number of nitrogens with one attached hydrogen (secondary N) is 2. The van der Waals surface area contributed by atoms with Gasteiger partial charge in [0.05, 0.1) is 12.2 Å². The first-order valence-electron chi connectivity index (χ1n) is 3.98. The minimum absolute atomic E-state index is 0.119. The van der Waals surface area contributed by atoms with Gasteiger partial charge in [0, 0.05) is 11.8 Å². The van der Waals surface area contributed by atoms with E-state index in [0.717, 1.165) is 6.20 Å². The van der Waals surface area contributed by atoms with E-state index in [-0.39, 0.29) is 18.0 Å². The summed E-state index contributed by atoms with van der Waals surface area (Å²) < 4.78 is 24.5. The summed E-state index contributed by atoms with van der Waals surface area (Å²) in [6.07, 6.45) is -1.49. The maximum absolute atomic E-state index is 12.3. The van der Waals surface area contributed by atoms with Crippen LogP contribution in [0.2, 0.25) is 0 Å². The number of alkyl halides is 2. The highest BCUT2D eigenvalue weighted by molar-refractivity contribution is 5.99. The summed E-state index contributed by atoms with van der Waals surface area (Å²) >= 11 is 0. The Kier molecular flexibility index (Phi) is 2.03. The first-order chi connectivity index (χ1) is 6.66. The van der Waals surface area contributed by atoms with E-state index in [2.05, 4.69) is 15.6 Å². The van der Waals surface area contributed by atoms with Crippen molar-refractivity contribution in [3.8, 4) is 0 Å². The van der Waals surface area contributed by atoms with Crippen molar-refractivity contribution in [2.45, 2.75) is 6.43 Å². The molecule has 0 unspecified atom stereocenters. The van der Waals surface area contributed by atoms with Crippen LogP contribution in [0.5, 0.6) is 0 Å². The Bertz CT molecular complexity index is 381. The molecule has 0 saturated carbocycles. The average Bonchev–Trinajstić information content (AvgIpc) is 2.16. The van der Waals surface area contributed by atoms with Crippen molar-refractivity contribution in [2.24, 2.45) is 0 Å². The van der Waals surface area contributed by atoms with Gasteiger partial charge in [0.1, 0.15) is 5.82 Å². The fourth-order valence-electron chi connectivity index (χ4n) is 1.19. The molecule has 0 spiro atoms. The number of pyridine rings is 1. The van der Waals surface area contributed by atoms with Gasteiger partial charge in [0.15, 0.2) is 0 Å². The fourth-order valence-corrected chi connectivity index (χ4v) is 1.19. The molecule has 4 nitrogen and oxygen atoms in total. The van der Waals surface area contributed by atoms with Crippen LogP contribution in [0.15, 0.2) is 12.3 Å². The number of fused-ring (bicyclic) bond motifs is 1. The number of aromatic nitrogens is 1. The second-order valence-corrected chi connectivity index (χ2v) is 2.87. The van der Waals surface area contributed by atoms with Crippen molar-refractivity contribution in [1.82, 2.24) is 4.98 Å². The molecule has 0 saturated heterocycles. The van der Waals surface area contributed by atoms with Gasteiger partial charge in [0.2, 0.25) is 5.91 Å². The summed E-state index contributed by atoms with van der Waals surface area (Å²) in [6, 6.07) is 1.22. The summed E-state index contributed by atoms with van der Waals surface area (Å²) in [7, 11) is 0. The lowest BCUT2D eigenvalue weighted by Crippen LogP contribution is -2.28. The third-order valence-electron chi connectivity index (χ3n) is 1.85. The molecule has 0 atom stereocenters. The number of nitrogens with zero attached hydrogens (tertiary/aromatic N) is 1. The number of halogens is 2. The van der Waals surface area contributed by atoms with Gasteiger partial charge in [-0.3, -0.25) is 4.79 Å². The second kappa shape index (κ2) is 3.21. The van der Waals surface area contributed by atoms with Crippen LogP contribution in [-0.2, 0) is 4.79 Å². The van der Waals surface area contributed by atoms with Crippen molar-refractivity contribution < 1.29 is 13.6 Å². The van der Waals surface area contributed by atoms with E-state index in [4.69, 9.17) is 0 Å². The van der Waals surface area contributed by atoms with Crippen LogP contribution in [0.3, 0.4) is 0 Å². The Morgan fingerprint density at radius 1 is 1.50 bits per heavy atom. The van der Waals surface area contributed by atoms with Crippen LogP contribution >= 0.6 is 0 Å². The Balaban J connectivity index is 2.37. The number of amides is 1. The third kappa shape index (κ3) is 1.50. The Hall–Kier alpha value is -1.72. The lowest BCUT2D eigenvalue weighted by atomic mass is 10.2. The summed E-state index contributed by atoms with van der Waals surface area (Å²) in [6.45, 7) is 0.119. The van der Waals surface area contributed by atoms with Crippen molar-refractivity contribution >= 4 is 17.4 Å². The van der Waals surface area contributed by atoms with Gasteiger partial charge in [0.25, 0.3) is 6.43 Å². The molecule has 1 aliphatic rings. The van der Waals surface area contributed by atoms with Gasteiger partial charge in [-0.15, -0.1) is 0 Å². The number of carbonyl (C=O) groups excluding carboxylic acids is 1. The van der Waals surface area contributed by atoms with E-state index in [0.29, 0.717) is 11.5 Å². The first kappa shape index (κ1) is 8.86. The molecule has 0 aliphatic carbocycles. The highest BCUT2D eigenvalue weighted by Gasteiger charge is 2.17. The quantitative estimate of drug-likeness (QED) is 0.718. The van der Waals surface area contributed by atoms with E-state index in [9.17, 15) is 13.6 Å². The molecule has 14 heavy (non-hydrogen) atoms. The van der Waals surface area contributed by atoms with E-state index in [1.54, 1.807) is 0 Å². The molecule has 0 radical (unpaired) electrons.